The van der Waals surface area contributed by atoms with E-state index in [1.165, 1.54) is 13.4 Å². The summed E-state index contributed by atoms with van der Waals surface area (Å²) in [7, 11) is 3.05. The number of aliphatic hydroxyl groups excluding tert-OH is 1. The van der Waals surface area contributed by atoms with Gasteiger partial charge in [0.05, 0.1) is 26.1 Å². The van der Waals surface area contributed by atoms with Crippen LogP contribution in [0.4, 0.5) is 0 Å². The van der Waals surface area contributed by atoms with Gasteiger partial charge in [0.25, 0.3) is 0 Å². The Labute approximate surface area is 117 Å². The molecule has 0 aliphatic heterocycles. The summed E-state index contributed by atoms with van der Waals surface area (Å²) in [5.41, 5.74) is 0.987. The lowest BCUT2D eigenvalue weighted by atomic mass is 10.1. The number of hydrogen-bond acceptors (Lipinski definition) is 6. The molecular weight excluding hydrogens is 260 g/mol. The van der Waals surface area contributed by atoms with Crippen molar-refractivity contribution in [3.8, 4) is 11.6 Å². The van der Waals surface area contributed by atoms with Crippen LogP contribution in [0.5, 0.6) is 11.6 Å². The van der Waals surface area contributed by atoms with Crippen molar-refractivity contribution in [2.24, 2.45) is 0 Å². The molecule has 2 aromatic heterocycles. The molecule has 0 saturated heterocycles. The molecule has 1 N–H and O–H groups in total. The summed E-state index contributed by atoms with van der Waals surface area (Å²) >= 11 is 0. The summed E-state index contributed by atoms with van der Waals surface area (Å²) in [6.07, 6.45) is 1.96. The molecule has 7 nitrogen and oxygen atoms in total. The highest BCUT2D eigenvalue weighted by atomic mass is 16.5. The van der Waals surface area contributed by atoms with E-state index in [4.69, 9.17) is 9.47 Å². The Kier molecular flexibility index (Phi) is 4.19. The zero-order valence-corrected chi connectivity index (χ0v) is 11.9. The third-order valence-electron chi connectivity index (χ3n) is 2.92. The largest absolute Gasteiger partial charge is 0.493 e. The fourth-order valence-corrected chi connectivity index (χ4v) is 1.94. The van der Waals surface area contributed by atoms with E-state index in [0.717, 1.165) is 0 Å². The van der Waals surface area contributed by atoms with E-state index in [-0.39, 0.29) is 6.04 Å². The highest BCUT2D eigenvalue weighted by molar-refractivity contribution is 5.33. The minimum Gasteiger partial charge on any atom is -0.493 e. The first-order valence-corrected chi connectivity index (χ1v) is 6.23. The van der Waals surface area contributed by atoms with Crippen molar-refractivity contribution in [1.29, 1.82) is 0 Å². The molecule has 0 aliphatic rings. The van der Waals surface area contributed by atoms with Gasteiger partial charge in [-0.2, -0.15) is 5.10 Å². The Hall–Kier alpha value is -2.15. The minimum atomic E-state index is -0.966. The monoisotopic (exact) mass is 278 g/mol. The fourth-order valence-electron chi connectivity index (χ4n) is 1.94. The molecule has 1 unspecified atom stereocenters. The van der Waals surface area contributed by atoms with E-state index in [1.807, 2.05) is 13.8 Å². The number of methoxy groups -OCH3 is 2. The van der Waals surface area contributed by atoms with Gasteiger partial charge in [-0.1, -0.05) is 0 Å². The second-order valence-electron chi connectivity index (χ2n) is 4.52. The van der Waals surface area contributed by atoms with Crippen LogP contribution in [0.15, 0.2) is 18.6 Å². The maximum absolute atomic E-state index is 10.6. The zero-order valence-electron chi connectivity index (χ0n) is 11.9. The number of ether oxygens (including phenoxy) is 2. The van der Waals surface area contributed by atoms with Gasteiger partial charge in [-0.25, -0.2) is 9.97 Å². The summed E-state index contributed by atoms with van der Waals surface area (Å²) in [5, 5.41) is 14.8. The van der Waals surface area contributed by atoms with E-state index in [2.05, 4.69) is 15.1 Å². The van der Waals surface area contributed by atoms with Gasteiger partial charge < -0.3 is 14.6 Å². The number of rotatable bonds is 5. The second-order valence-corrected chi connectivity index (χ2v) is 4.52. The first-order valence-electron chi connectivity index (χ1n) is 6.23. The molecular formula is C13H18N4O3. The van der Waals surface area contributed by atoms with Crippen molar-refractivity contribution in [2.75, 3.05) is 14.2 Å². The number of aliphatic hydroxyl groups is 1. The van der Waals surface area contributed by atoms with Crippen LogP contribution < -0.4 is 9.47 Å². The molecule has 0 spiro atoms. The topological polar surface area (TPSA) is 82.3 Å². The number of hydrogen-bond donors (Lipinski definition) is 1. The van der Waals surface area contributed by atoms with Crippen LogP contribution in [0.1, 0.15) is 37.4 Å². The maximum Gasteiger partial charge on any atom is 0.216 e. The van der Waals surface area contributed by atoms with Gasteiger partial charge in [-0.3, -0.25) is 4.68 Å². The molecule has 0 aromatic carbocycles. The van der Waals surface area contributed by atoms with Crippen LogP contribution in [-0.2, 0) is 0 Å². The molecule has 0 fully saturated rings. The standard InChI is InChI=1S/C13H18N4O3/c1-8(2)17-12(10(19-3)6-16-17)13(18)9-5-11(20-4)15-7-14-9/h5-8,13,18H,1-4H3. The van der Waals surface area contributed by atoms with Crippen LogP contribution >= 0.6 is 0 Å². The lowest BCUT2D eigenvalue weighted by Crippen LogP contribution is -2.14. The van der Waals surface area contributed by atoms with Crippen LogP contribution in [0, 0.1) is 0 Å². The Morgan fingerprint density at radius 1 is 1.20 bits per heavy atom. The van der Waals surface area contributed by atoms with Crippen molar-refractivity contribution < 1.29 is 14.6 Å². The summed E-state index contributed by atoms with van der Waals surface area (Å²) in [4.78, 5) is 8.00. The molecule has 0 bridgehead atoms. The molecule has 0 amide bonds. The molecule has 0 saturated carbocycles. The quantitative estimate of drug-likeness (QED) is 0.889. The van der Waals surface area contributed by atoms with Crippen LogP contribution in [0.3, 0.4) is 0 Å². The highest BCUT2D eigenvalue weighted by Gasteiger charge is 2.24. The summed E-state index contributed by atoms with van der Waals surface area (Å²) in [5.74, 6) is 0.910. The molecule has 7 heteroatoms. The van der Waals surface area contributed by atoms with Crippen LogP contribution in [0.2, 0.25) is 0 Å². The second kappa shape index (κ2) is 5.87. The summed E-state index contributed by atoms with van der Waals surface area (Å²) < 4.78 is 12.0. The van der Waals surface area contributed by atoms with E-state index < -0.39 is 6.10 Å². The van der Waals surface area contributed by atoms with Gasteiger partial charge in [0.15, 0.2) is 5.75 Å². The van der Waals surface area contributed by atoms with Crippen molar-refractivity contribution >= 4 is 0 Å². The van der Waals surface area contributed by atoms with Crippen LogP contribution in [-0.4, -0.2) is 39.1 Å². The van der Waals surface area contributed by atoms with Gasteiger partial charge in [-0.15, -0.1) is 0 Å². The first-order chi connectivity index (χ1) is 9.58. The third-order valence-corrected chi connectivity index (χ3v) is 2.92. The summed E-state index contributed by atoms with van der Waals surface area (Å²) in [6, 6.07) is 1.68. The summed E-state index contributed by atoms with van der Waals surface area (Å²) in [6.45, 7) is 3.95. The van der Waals surface area contributed by atoms with Crippen molar-refractivity contribution in [2.45, 2.75) is 26.0 Å². The Morgan fingerprint density at radius 3 is 2.55 bits per heavy atom. The average Bonchev–Trinajstić information content (AvgIpc) is 2.90. The van der Waals surface area contributed by atoms with Gasteiger partial charge in [0.1, 0.15) is 18.1 Å². The average molecular weight is 278 g/mol. The van der Waals surface area contributed by atoms with E-state index >= 15 is 0 Å². The lowest BCUT2D eigenvalue weighted by molar-refractivity contribution is 0.194. The number of aromatic nitrogens is 4. The molecule has 0 radical (unpaired) electrons. The highest BCUT2D eigenvalue weighted by Crippen LogP contribution is 2.31. The van der Waals surface area contributed by atoms with Gasteiger partial charge in [0.2, 0.25) is 5.88 Å². The van der Waals surface area contributed by atoms with E-state index in [1.54, 1.807) is 24.1 Å². The minimum absolute atomic E-state index is 0.0901. The lowest BCUT2D eigenvalue weighted by Gasteiger charge is -2.17. The zero-order chi connectivity index (χ0) is 14.7. The SMILES string of the molecule is COc1cc(C(O)c2c(OC)cnn2C(C)C)ncn1. The van der Waals surface area contributed by atoms with Gasteiger partial charge >= 0.3 is 0 Å². The Morgan fingerprint density at radius 2 is 1.95 bits per heavy atom. The Bertz CT molecular complexity index is 583. The van der Waals surface area contributed by atoms with E-state index in [9.17, 15) is 5.11 Å². The molecule has 2 heterocycles. The van der Waals surface area contributed by atoms with Crippen molar-refractivity contribution in [3.63, 3.8) is 0 Å². The normalized spacial score (nSPS) is 12.5. The molecule has 1 atom stereocenters. The fraction of sp³-hybridized carbons (Fsp3) is 0.462. The number of nitrogens with zero attached hydrogens (tertiary/aromatic N) is 4. The molecule has 20 heavy (non-hydrogen) atoms. The predicted octanol–water partition coefficient (Wildman–Crippen LogP) is 1.35. The van der Waals surface area contributed by atoms with Crippen molar-refractivity contribution in [1.82, 2.24) is 19.7 Å². The predicted molar refractivity (Wildman–Crippen MR) is 71.8 cm³/mol. The van der Waals surface area contributed by atoms with Crippen LogP contribution in [0.25, 0.3) is 0 Å². The third kappa shape index (κ3) is 2.57. The Balaban J connectivity index is 2.46. The smallest absolute Gasteiger partial charge is 0.216 e. The van der Waals surface area contributed by atoms with E-state index in [0.29, 0.717) is 23.0 Å². The first kappa shape index (κ1) is 14.3. The van der Waals surface area contributed by atoms with Gasteiger partial charge in [0, 0.05) is 12.1 Å². The van der Waals surface area contributed by atoms with Crippen molar-refractivity contribution in [3.05, 3.63) is 30.0 Å². The molecule has 0 aliphatic carbocycles. The molecule has 2 rings (SSSR count). The van der Waals surface area contributed by atoms with Gasteiger partial charge in [-0.05, 0) is 13.8 Å². The molecule has 2 aromatic rings. The maximum atomic E-state index is 10.6. The molecule has 108 valence electrons.